The van der Waals surface area contributed by atoms with Gasteiger partial charge in [-0.25, -0.2) is 4.79 Å². The number of ether oxygens (including phenoxy) is 1. The van der Waals surface area contributed by atoms with E-state index in [1.54, 1.807) is 6.92 Å². The van der Waals surface area contributed by atoms with E-state index in [1.165, 1.54) is 0 Å². The van der Waals surface area contributed by atoms with E-state index in [0.717, 1.165) is 54.2 Å². The highest BCUT2D eigenvalue weighted by atomic mass is 16.5. The number of benzene rings is 1. The van der Waals surface area contributed by atoms with Crippen molar-refractivity contribution in [3.8, 4) is 5.75 Å². The molecular formula is C25H34N2O4. The van der Waals surface area contributed by atoms with E-state index in [0.29, 0.717) is 11.3 Å². The molecule has 6 heteroatoms. The van der Waals surface area contributed by atoms with Gasteiger partial charge in [0.1, 0.15) is 11.3 Å². The third-order valence-corrected chi connectivity index (χ3v) is 6.39. The molecule has 1 aliphatic heterocycles. The minimum Gasteiger partial charge on any atom is -0.480 e. The number of rotatable bonds is 4. The summed E-state index contributed by atoms with van der Waals surface area (Å²) >= 11 is 0. The average molecular weight is 427 g/mol. The van der Waals surface area contributed by atoms with Crippen LogP contribution >= 0.6 is 0 Å². The van der Waals surface area contributed by atoms with Crippen LogP contribution in [0.2, 0.25) is 0 Å². The van der Waals surface area contributed by atoms with Gasteiger partial charge in [-0.2, -0.15) is 0 Å². The number of hydrogen-bond donors (Lipinski definition) is 2. The van der Waals surface area contributed by atoms with Gasteiger partial charge in [-0.15, -0.1) is 0 Å². The maximum Gasteiger partial charge on any atom is 0.339 e. The normalized spacial score (nSPS) is 21.0. The van der Waals surface area contributed by atoms with E-state index in [9.17, 15) is 9.59 Å². The van der Waals surface area contributed by atoms with Gasteiger partial charge >= 0.3 is 5.63 Å². The first kappa shape index (κ1) is 21.9. The van der Waals surface area contributed by atoms with Crippen LogP contribution in [-0.2, 0) is 17.6 Å². The number of fused-ring (bicyclic) bond motifs is 3. The lowest BCUT2D eigenvalue weighted by Crippen LogP contribution is -2.62. The Labute approximate surface area is 183 Å². The zero-order valence-corrected chi connectivity index (χ0v) is 19.5. The van der Waals surface area contributed by atoms with Crippen molar-refractivity contribution < 1.29 is 13.9 Å². The number of aryl methyl sites for hydroxylation is 2. The van der Waals surface area contributed by atoms with E-state index >= 15 is 0 Å². The third-order valence-electron chi connectivity index (χ3n) is 6.39. The predicted octanol–water partition coefficient (Wildman–Crippen LogP) is 3.78. The first-order chi connectivity index (χ1) is 14.4. The first-order valence-electron chi connectivity index (χ1n) is 11.3. The van der Waals surface area contributed by atoms with Gasteiger partial charge in [0, 0.05) is 22.7 Å². The van der Waals surface area contributed by atoms with Crippen LogP contribution in [0.4, 0.5) is 0 Å². The molecule has 168 valence electrons. The van der Waals surface area contributed by atoms with Crippen LogP contribution in [0.1, 0.15) is 70.6 Å². The highest BCUT2D eigenvalue weighted by molar-refractivity contribution is 5.89. The van der Waals surface area contributed by atoms with Crippen molar-refractivity contribution in [1.29, 1.82) is 0 Å². The Balaban J connectivity index is 1.57. The van der Waals surface area contributed by atoms with E-state index in [1.807, 2.05) is 19.1 Å². The third kappa shape index (κ3) is 4.49. The molecule has 2 N–H and O–H groups in total. The summed E-state index contributed by atoms with van der Waals surface area (Å²) < 4.78 is 11.8. The van der Waals surface area contributed by atoms with Gasteiger partial charge in [0.2, 0.25) is 0 Å². The fraction of sp³-hybridized carbons (Fsp3) is 0.600. The number of carbonyl (C=O) groups excluding carboxylic acids is 1. The largest absolute Gasteiger partial charge is 0.480 e. The van der Waals surface area contributed by atoms with E-state index in [4.69, 9.17) is 9.15 Å². The van der Waals surface area contributed by atoms with Crippen molar-refractivity contribution in [2.75, 3.05) is 0 Å². The molecule has 1 amide bonds. The molecule has 4 rings (SSSR count). The minimum absolute atomic E-state index is 0.0470. The summed E-state index contributed by atoms with van der Waals surface area (Å²) in [6, 6.07) is 3.88. The fourth-order valence-electron chi connectivity index (χ4n) is 5.59. The van der Waals surface area contributed by atoms with Crippen LogP contribution in [0.25, 0.3) is 11.0 Å². The molecule has 0 radical (unpaired) electrons. The maximum absolute atomic E-state index is 13.0. The van der Waals surface area contributed by atoms with Gasteiger partial charge in [-0.05, 0) is 96.9 Å². The molecule has 0 spiro atoms. The lowest BCUT2D eigenvalue weighted by atomic mass is 9.79. The molecule has 31 heavy (non-hydrogen) atoms. The SMILES string of the molecule is Cc1cc(O[C@@H](C)C(=O)NC2CC(C)(C)NC(C)(C)C2)c2c3c(c(=O)oc2c1)CCC3. The van der Waals surface area contributed by atoms with E-state index in [2.05, 4.69) is 38.3 Å². The molecule has 0 bridgehead atoms. The standard InChI is InChI=1S/C25H34N2O4/c1-14-10-19(21-17-8-7-9-18(17)23(29)31-20(21)11-14)30-15(2)22(28)26-16-12-24(3,4)27-25(5,6)13-16/h10-11,15-16,27H,7-9,12-13H2,1-6H3,(H,26,28)/t15-/m0/s1. The van der Waals surface area contributed by atoms with Crippen LogP contribution < -0.4 is 21.0 Å². The van der Waals surface area contributed by atoms with Crippen LogP contribution in [-0.4, -0.2) is 29.1 Å². The van der Waals surface area contributed by atoms with Gasteiger partial charge in [-0.3, -0.25) is 4.79 Å². The Bertz CT molecular complexity index is 1070. The Kier molecular flexibility index (Phi) is 5.41. The zero-order valence-electron chi connectivity index (χ0n) is 19.5. The molecule has 1 saturated heterocycles. The maximum atomic E-state index is 13.0. The van der Waals surface area contributed by atoms with Crippen molar-refractivity contribution >= 4 is 16.9 Å². The summed E-state index contributed by atoms with van der Waals surface area (Å²) in [5.74, 6) is 0.493. The van der Waals surface area contributed by atoms with Crippen molar-refractivity contribution in [3.63, 3.8) is 0 Å². The molecule has 1 atom stereocenters. The van der Waals surface area contributed by atoms with E-state index < -0.39 is 6.10 Å². The molecule has 0 unspecified atom stereocenters. The van der Waals surface area contributed by atoms with Gasteiger partial charge in [0.15, 0.2) is 6.10 Å². The Morgan fingerprint density at radius 1 is 1.16 bits per heavy atom. The number of carbonyl (C=O) groups is 1. The topological polar surface area (TPSA) is 80.6 Å². The Morgan fingerprint density at radius 3 is 2.48 bits per heavy atom. The van der Waals surface area contributed by atoms with Gasteiger partial charge < -0.3 is 19.8 Å². The molecule has 1 fully saturated rings. The van der Waals surface area contributed by atoms with Crippen molar-refractivity contribution in [2.45, 2.75) is 96.9 Å². The summed E-state index contributed by atoms with van der Waals surface area (Å²) in [5.41, 5.74) is 2.88. The molecule has 2 aromatic rings. The molecular weight excluding hydrogens is 392 g/mol. The second-order valence-electron chi connectivity index (χ2n) is 10.6. The highest BCUT2D eigenvalue weighted by Crippen LogP contribution is 2.35. The fourth-order valence-corrected chi connectivity index (χ4v) is 5.59. The van der Waals surface area contributed by atoms with Crippen molar-refractivity contribution in [2.24, 2.45) is 0 Å². The quantitative estimate of drug-likeness (QED) is 0.727. The monoisotopic (exact) mass is 426 g/mol. The smallest absolute Gasteiger partial charge is 0.339 e. The number of amides is 1. The second-order valence-corrected chi connectivity index (χ2v) is 10.6. The first-order valence-corrected chi connectivity index (χ1v) is 11.3. The lowest BCUT2D eigenvalue weighted by molar-refractivity contribution is -0.128. The Hall–Kier alpha value is -2.34. The molecule has 2 aliphatic rings. The summed E-state index contributed by atoms with van der Waals surface area (Å²) in [7, 11) is 0. The lowest BCUT2D eigenvalue weighted by Gasteiger charge is -2.46. The molecule has 0 saturated carbocycles. The van der Waals surface area contributed by atoms with Gasteiger partial charge in [0.05, 0.1) is 5.39 Å². The molecule has 6 nitrogen and oxygen atoms in total. The number of piperidine rings is 1. The highest BCUT2D eigenvalue weighted by Gasteiger charge is 2.38. The molecule has 1 aliphatic carbocycles. The summed E-state index contributed by atoms with van der Waals surface area (Å²) in [4.78, 5) is 25.3. The van der Waals surface area contributed by atoms with Gasteiger partial charge in [-0.1, -0.05) is 0 Å². The van der Waals surface area contributed by atoms with Crippen LogP contribution in [0, 0.1) is 6.92 Å². The van der Waals surface area contributed by atoms with E-state index in [-0.39, 0.29) is 28.7 Å². The van der Waals surface area contributed by atoms with Gasteiger partial charge in [0.25, 0.3) is 5.91 Å². The minimum atomic E-state index is -0.657. The number of hydrogen-bond acceptors (Lipinski definition) is 5. The predicted molar refractivity (Wildman–Crippen MR) is 122 cm³/mol. The second kappa shape index (κ2) is 7.66. The van der Waals surface area contributed by atoms with Crippen LogP contribution in [0.5, 0.6) is 5.75 Å². The molecule has 1 aromatic heterocycles. The number of nitrogens with one attached hydrogen (secondary N) is 2. The summed E-state index contributed by atoms with van der Waals surface area (Å²) in [6.45, 7) is 12.4. The average Bonchev–Trinajstić information content (AvgIpc) is 3.08. The molecule has 2 heterocycles. The molecule has 1 aromatic carbocycles. The van der Waals surface area contributed by atoms with Crippen molar-refractivity contribution in [3.05, 3.63) is 39.2 Å². The Morgan fingerprint density at radius 2 is 1.81 bits per heavy atom. The van der Waals surface area contributed by atoms with Crippen LogP contribution in [0.15, 0.2) is 21.3 Å². The van der Waals surface area contributed by atoms with Crippen molar-refractivity contribution in [1.82, 2.24) is 10.6 Å². The summed E-state index contributed by atoms with van der Waals surface area (Å²) in [6.07, 6.45) is 3.57. The zero-order chi connectivity index (χ0) is 22.6. The summed E-state index contributed by atoms with van der Waals surface area (Å²) in [5, 5.41) is 7.67. The van der Waals surface area contributed by atoms with Crippen LogP contribution in [0.3, 0.4) is 0 Å².